The molecule has 3 aromatic heterocycles. The topological polar surface area (TPSA) is 84.2 Å². The van der Waals surface area contributed by atoms with Crippen molar-refractivity contribution in [1.82, 2.24) is 24.4 Å². The van der Waals surface area contributed by atoms with Crippen LogP contribution in [0.15, 0.2) is 35.8 Å². The van der Waals surface area contributed by atoms with E-state index in [0.29, 0.717) is 29.6 Å². The molecule has 0 radical (unpaired) electrons. The third-order valence-electron chi connectivity index (χ3n) is 8.30. The molecule has 2 aliphatic rings. The molecule has 0 N–H and O–H groups in total. The second kappa shape index (κ2) is 10.0. The van der Waals surface area contributed by atoms with Crippen LogP contribution in [0.5, 0.6) is 0 Å². The van der Waals surface area contributed by atoms with Gasteiger partial charge in [-0.3, -0.25) is 9.78 Å². The number of hydrogen-bond donors (Lipinski definition) is 0. The molecule has 9 heteroatoms. The average molecular weight is 549 g/mol. The van der Waals surface area contributed by atoms with Crippen molar-refractivity contribution in [2.75, 3.05) is 18.0 Å². The van der Waals surface area contributed by atoms with E-state index in [1.807, 2.05) is 37.8 Å². The maximum atomic E-state index is 14.0. The average Bonchev–Trinajstić information content (AvgIpc) is 3.52. The summed E-state index contributed by atoms with van der Waals surface area (Å²) in [5.41, 5.74) is 3.61. The van der Waals surface area contributed by atoms with Gasteiger partial charge in [0.25, 0.3) is 0 Å². The van der Waals surface area contributed by atoms with Crippen LogP contribution in [0.4, 0.5) is 5.82 Å². The normalized spacial score (nSPS) is 22.3. The molecule has 1 saturated carbocycles. The number of aryl methyl sites for hydroxylation is 2. The lowest BCUT2D eigenvalue weighted by molar-refractivity contribution is -0.128. The Bertz CT molecular complexity index is 1530. The molecule has 39 heavy (non-hydrogen) atoms. The number of fused-ring (bicyclic) bond motifs is 1. The van der Waals surface area contributed by atoms with Crippen LogP contribution in [-0.4, -0.2) is 55.5 Å². The summed E-state index contributed by atoms with van der Waals surface area (Å²) in [5, 5.41) is 1.30. The fourth-order valence-corrected chi connectivity index (χ4v) is 6.18. The summed E-state index contributed by atoms with van der Waals surface area (Å²) >= 11 is 6.90. The van der Waals surface area contributed by atoms with Gasteiger partial charge >= 0.3 is 5.69 Å². The SMILES string of the molecule is C=CC(=O)N1CC(C)N(c2nc(=O)n(-c3c(C)ccnc3CCC)c3nc(C4CC4(C)C)c(Cl)cc23)CC1C. The van der Waals surface area contributed by atoms with E-state index in [1.165, 1.54) is 6.08 Å². The third-order valence-corrected chi connectivity index (χ3v) is 8.60. The molecule has 1 aliphatic heterocycles. The Kier molecular flexibility index (Phi) is 7.04. The second-order valence-corrected chi connectivity index (χ2v) is 12.2. The van der Waals surface area contributed by atoms with E-state index in [4.69, 9.17) is 16.6 Å². The molecule has 1 amide bonds. The third kappa shape index (κ3) is 4.73. The van der Waals surface area contributed by atoms with Crippen LogP contribution >= 0.6 is 11.6 Å². The summed E-state index contributed by atoms with van der Waals surface area (Å²) in [6.45, 7) is 17.2. The van der Waals surface area contributed by atoms with Gasteiger partial charge in [0.1, 0.15) is 5.82 Å². The fraction of sp³-hybridized carbons (Fsp3) is 0.500. The van der Waals surface area contributed by atoms with Gasteiger partial charge in [-0.05, 0) is 62.8 Å². The highest BCUT2D eigenvalue weighted by molar-refractivity contribution is 6.32. The van der Waals surface area contributed by atoms with E-state index in [-0.39, 0.29) is 29.3 Å². The van der Waals surface area contributed by atoms with Crippen LogP contribution < -0.4 is 10.6 Å². The second-order valence-electron chi connectivity index (χ2n) is 11.7. The minimum Gasteiger partial charge on any atom is -0.349 e. The van der Waals surface area contributed by atoms with Crippen LogP contribution in [0, 0.1) is 12.3 Å². The molecule has 3 atom stereocenters. The maximum Gasteiger partial charge on any atom is 0.355 e. The Morgan fingerprint density at radius 1 is 1.23 bits per heavy atom. The van der Waals surface area contributed by atoms with Crippen molar-refractivity contribution in [3.63, 3.8) is 0 Å². The predicted molar refractivity (Wildman–Crippen MR) is 156 cm³/mol. The standard InChI is InChI=1S/C30H37ClN6O2/c1-8-10-23-26(17(3)11-12-32-23)37-28-20(13-22(31)25(33-28)21-14-30(21,6)7)27(34-29(37)39)36-16-18(4)35(15-19(36)5)24(38)9-2/h9,11-13,18-19,21H,2,8,10,14-16H2,1,3-7H3. The van der Waals surface area contributed by atoms with Crippen molar-refractivity contribution < 1.29 is 4.79 Å². The van der Waals surface area contributed by atoms with Crippen molar-refractivity contribution in [3.8, 4) is 5.69 Å². The van der Waals surface area contributed by atoms with E-state index in [2.05, 4.69) is 42.2 Å². The van der Waals surface area contributed by atoms with Gasteiger partial charge in [0, 0.05) is 37.3 Å². The van der Waals surface area contributed by atoms with Crippen molar-refractivity contribution in [2.45, 2.75) is 78.8 Å². The molecule has 2 fully saturated rings. The van der Waals surface area contributed by atoms with E-state index >= 15 is 0 Å². The van der Waals surface area contributed by atoms with E-state index < -0.39 is 5.69 Å². The number of piperazine rings is 1. The number of pyridine rings is 2. The van der Waals surface area contributed by atoms with Gasteiger partial charge in [-0.1, -0.05) is 45.4 Å². The van der Waals surface area contributed by atoms with E-state index in [0.717, 1.165) is 47.3 Å². The molecule has 1 saturated heterocycles. The predicted octanol–water partition coefficient (Wildman–Crippen LogP) is 5.22. The fourth-order valence-electron chi connectivity index (χ4n) is 5.90. The van der Waals surface area contributed by atoms with Gasteiger partial charge < -0.3 is 9.80 Å². The number of rotatable bonds is 6. The minimum atomic E-state index is -0.397. The Morgan fingerprint density at radius 3 is 2.59 bits per heavy atom. The van der Waals surface area contributed by atoms with E-state index in [1.54, 1.807) is 10.8 Å². The summed E-state index contributed by atoms with van der Waals surface area (Å²) in [6, 6.07) is 3.68. The molecule has 3 aromatic rings. The number of amides is 1. The summed E-state index contributed by atoms with van der Waals surface area (Å²) in [6.07, 6.45) is 5.76. The van der Waals surface area contributed by atoms with E-state index in [9.17, 15) is 9.59 Å². The van der Waals surface area contributed by atoms with Crippen LogP contribution in [0.25, 0.3) is 16.7 Å². The maximum absolute atomic E-state index is 14.0. The zero-order valence-electron chi connectivity index (χ0n) is 23.7. The highest BCUT2D eigenvalue weighted by Crippen LogP contribution is 2.59. The lowest BCUT2D eigenvalue weighted by atomic mass is 10.1. The van der Waals surface area contributed by atoms with Crippen LogP contribution in [0.2, 0.25) is 5.02 Å². The summed E-state index contributed by atoms with van der Waals surface area (Å²) in [7, 11) is 0. The van der Waals surface area contributed by atoms with Gasteiger partial charge in [-0.2, -0.15) is 4.98 Å². The number of carbonyl (C=O) groups is 1. The Labute approximate surface area is 234 Å². The number of hydrogen-bond acceptors (Lipinski definition) is 6. The first-order valence-electron chi connectivity index (χ1n) is 13.8. The highest BCUT2D eigenvalue weighted by Gasteiger charge is 2.48. The number of aromatic nitrogens is 4. The lowest BCUT2D eigenvalue weighted by Gasteiger charge is -2.44. The molecule has 206 valence electrons. The van der Waals surface area contributed by atoms with Crippen LogP contribution in [0.1, 0.15) is 70.3 Å². The Balaban J connectivity index is 1.76. The quantitative estimate of drug-likeness (QED) is 0.393. The Morgan fingerprint density at radius 2 is 1.95 bits per heavy atom. The number of nitrogens with zero attached hydrogens (tertiary/aromatic N) is 6. The number of carbonyl (C=O) groups excluding carboxylic acids is 1. The van der Waals surface area contributed by atoms with Gasteiger partial charge in [-0.25, -0.2) is 14.3 Å². The Hall–Kier alpha value is -3.26. The summed E-state index contributed by atoms with van der Waals surface area (Å²) in [4.78, 5) is 44.7. The first-order chi connectivity index (χ1) is 18.5. The van der Waals surface area contributed by atoms with Gasteiger partial charge in [0.05, 0.1) is 27.5 Å². The van der Waals surface area contributed by atoms with Crippen LogP contribution in [-0.2, 0) is 11.2 Å². The molecule has 1 aliphatic carbocycles. The molecule has 0 bridgehead atoms. The molecular formula is C30H37ClN6O2. The number of anilines is 1. The van der Waals surface area contributed by atoms with Gasteiger partial charge in [-0.15, -0.1) is 0 Å². The zero-order chi connectivity index (χ0) is 28.2. The van der Waals surface area contributed by atoms with Gasteiger partial charge in [0.2, 0.25) is 5.91 Å². The molecular weight excluding hydrogens is 512 g/mol. The highest BCUT2D eigenvalue weighted by atomic mass is 35.5. The van der Waals surface area contributed by atoms with Crippen LogP contribution in [0.3, 0.4) is 0 Å². The smallest absolute Gasteiger partial charge is 0.349 e. The zero-order valence-corrected chi connectivity index (χ0v) is 24.4. The van der Waals surface area contributed by atoms with Crippen molar-refractivity contribution in [3.05, 3.63) is 63.4 Å². The summed E-state index contributed by atoms with van der Waals surface area (Å²) in [5.74, 6) is 0.678. The lowest BCUT2D eigenvalue weighted by Crippen LogP contribution is -2.58. The molecule has 8 nitrogen and oxygen atoms in total. The largest absolute Gasteiger partial charge is 0.355 e. The van der Waals surface area contributed by atoms with Crippen molar-refractivity contribution in [2.24, 2.45) is 5.41 Å². The minimum absolute atomic E-state index is 0.0763. The summed E-state index contributed by atoms with van der Waals surface area (Å²) < 4.78 is 1.63. The van der Waals surface area contributed by atoms with Crippen molar-refractivity contribution in [1.29, 1.82) is 0 Å². The molecule has 5 rings (SSSR count). The van der Waals surface area contributed by atoms with Gasteiger partial charge in [0.15, 0.2) is 5.65 Å². The molecule has 3 unspecified atom stereocenters. The first-order valence-corrected chi connectivity index (χ1v) is 14.1. The number of halogens is 1. The molecule has 0 aromatic carbocycles. The molecule has 0 spiro atoms. The first kappa shape index (κ1) is 27.3. The molecule has 4 heterocycles. The van der Waals surface area contributed by atoms with Crippen molar-refractivity contribution >= 4 is 34.4 Å². The monoisotopic (exact) mass is 548 g/mol.